The molecule has 3 heterocycles. The van der Waals surface area contributed by atoms with Gasteiger partial charge < -0.3 is 0 Å². The van der Waals surface area contributed by atoms with E-state index in [9.17, 15) is 13.2 Å². The van der Waals surface area contributed by atoms with E-state index in [0.717, 1.165) is 48.0 Å². The molecule has 0 radical (unpaired) electrons. The third-order valence-electron chi connectivity index (χ3n) is 4.40. The highest BCUT2D eigenvalue weighted by molar-refractivity contribution is 7.91. The van der Waals surface area contributed by atoms with Gasteiger partial charge in [0.1, 0.15) is 4.21 Å². The zero-order chi connectivity index (χ0) is 19.7. The summed E-state index contributed by atoms with van der Waals surface area (Å²) in [4.78, 5) is 20.4. The molecule has 3 N–H and O–H groups in total. The fourth-order valence-electron chi connectivity index (χ4n) is 3.03. The highest BCUT2D eigenvalue weighted by Crippen LogP contribution is 2.29. The molecule has 1 aliphatic heterocycles. The van der Waals surface area contributed by atoms with E-state index in [1.807, 2.05) is 18.2 Å². The summed E-state index contributed by atoms with van der Waals surface area (Å²) in [5, 5.41) is 9.86. The SMILES string of the molecule is NS(=O)(=O)c1cc(C(=O)Nc2nc3c(s2)CN(Cc2ccccc2)CC3)cs1. The Kier molecular flexibility index (Phi) is 5.30. The molecule has 0 saturated carbocycles. The molecule has 1 aliphatic rings. The number of thiazole rings is 1. The quantitative estimate of drug-likeness (QED) is 0.642. The number of hydrogen-bond acceptors (Lipinski definition) is 7. The van der Waals surface area contributed by atoms with Crippen LogP contribution in [0.5, 0.6) is 0 Å². The summed E-state index contributed by atoms with van der Waals surface area (Å²) in [5.74, 6) is -0.390. The second-order valence-electron chi connectivity index (χ2n) is 6.49. The van der Waals surface area contributed by atoms with E-state index < -0.39 is 15.9 Å². The van der Waals surface area contributed by atoms with Gasteiger partial charge in [-0.3, -0.25) is 15.0 Å². The van der Waals surface area contributed by atoms with Crippen molar-refractivity contribution in [3.05, 3.63) is 63.5 Å². The highest BCUT2D eigenvalue weighted by Gasteiger charge is 2.22. The smallest absolute Gasteiger partial charge is 0.258 e. The van der Waals surface area contributed by atoms with Crippen molar-refractivity contribution in [2.24, 2.45) is 5.14 Å². The van der Waals surface area contributed by atoms with Crippen molar-refractivity contribution >= 4 is 43.7 Å². The van der Waals surface area contributed by atoms with Crippen molar-refractivity contribution in [1.29, 1.82) is 0 Å². The predicted molar refractivity (Wildman–Crippen MR) is 110 cm³/mol. The predicted octanol–water partition coefficient (Wildman–Crippen LogP) is 2.66. The van der Waals surface area contributed by atoms with E-state index in [4.69, 9.17) is 5.14 Å². The van der Waals surface area contributed by atoms with E-state index >= 15 is 0 Å². The zero-order valence-corrected chi connectivity index (χ0v) is 17.2. The molecule has 0 bridgehead atoms. The van der Waals surface area contributed by atoms with Gasteiger partial charge in [-0.1, -0.05) is 30.3 Å². The molecule has 0 spiro atoms. The van der Waals surface area contributed by atoms with Crippen molar-refractivity contribution in [2.45, 2.75) is 23.7 Å². The lowest BCUT2D eigenvalue weighted by molar-refractivity contribution is 0.102. The Morgan fingerprint density at radius 1 is 1.29 bits per heavy atom. The number of nitrogens with zero attached hydrogens (tertiary/aromatic N) is 2. The molecule has 2 aromatic heterocycles. The van der Waals surface area contributed by atoms with Crippen molar-refractivity contribution in [1.82, 2.24) is 9.88 Å². The number of nitrogens with two attached hydrogens (primary N) is 1. The monoisotopic (exact) mass is 434 g/mol. The molecule has 146 valence electrons. The Labute approximate surface area is 170 Å². The van der Waals surface area contributed by atoms with Crippen LogP contribution in [0.4, 0.5) is 5.13 Å². The van der Waals surface area contributed by atoms with Gasteiger partial charge in [0, 0.05) is 36.3 Å². The second-order valence-corrected chi connectivity index (χ2v) is 10.3. The van der Waals surface area contributed by atoms with Gasteiger partial charge in [-0.05, 0) is 11.6 Å². The van der Waals surface area contributed by atoms with Gasteiger partial charge in [0.2, 0.25) is 10.0 Å². The van der Waals surface area contributed by atoms with Gasteiger partial charge in [-0.15, -0.1) is 22.7 Å². The number of nitrogens with one attached hydrogen (secondary N) is 1. The van der Waals surface area contributed by atoms with Gasteiger partial charge >= 0.3 is 0 Å². The number of primary sulfonamides is 1. The molecule has 0 fully saturated rings. The van der Waals surface area contributed by atoms with Crippen LogP contribution >= 0.6 is 22.7 Å². The summed E-state index contributed by atoms with van der Waals surface area (Å²) in [5.41, 5.74) is 2.54. The molecule has 0 atom stereocenters. The molecule has 0 unspecified atom stereocenters. The van der Waals surface area contributed by atoms with Crippen molar-refractivity contribution in [3.8, 4) is 0 Å². The Balaban J connectivity index is 1.43. The minimum Gasteiger partial charge on any atom is -0.298 e. The number of benzene rings is 1. The first-order valence-corrected chi connectivity index (χ1v) is 11.8. The summed E-state index contributed by atoms with van der Waals surface area (Å²) in [6.45, 7) is 2.60. The summed E-state index contributed by atoms with van der Waals surface area (Å²) in [7, 11) is -3.80. The van der Waals surface area contributed by atoms with Crippen molar-refractivity contribution in [3.63, 3.8) is 0 Å². The Morgan fingerprint density at radius 2 is 2.07 bits per heavy atom. The lowest BCUT2D eigenvalue weighted by atomic mass is 10.1. The minimum absolute atomic E-state index is 0.0346. The summed E-state index contributed by atoms with van der Waals surface area (Å²) >= 11 is 2.39. The Hall–Kier alpha value is -2.11. The van der Waals surface area contributed by atoms with Crippen LogP contribution in [-0.4, -0.2) is 30.8 Å². The van der Waals surface area contributed by atoms with E-state index in [1.165, 1.54) is 28.3 Å². The van der Waals surface area contributed by atoms with E-state index in [0.29, 0.717) is 5.13 Å². The first-order chi connectivity index (χ1) is 13.4. The van der Waals surface area contributed by atoms with Crippen LogP contribution in [0.3, 0.4) is 0 Å². The number of thiophene rings is 1. The number of fused-ring (bicyclic) bond motifs is 1. The van der Waals surface area contributed by atoms with Gasteiger partial charge in [0.15, 0.2) is 5.13 Å². The number of aromatic nitrogens is 1. The number of rotatable bonds is 5. The molecule has 28 heavy (non-hydrogen) atoms. The fraction of sp³-hybridized carbons (Fsp3) is 0.222. The molecular formula is C18H18N4O3S3. The van der Waals surface area contributed by atoms with Gasteiger partial charge in [-0.2, -0.15) is 0 Å². The lowest BCUT2D eigenvalue weighted by Gasteiger charge is -2.25. The van der Waals surface area contributed by atoms with Gasteiger partial charge in [0.25, 0.3) is 5.91 Å². The summed E-state index contributed by atoms with van der Waals surface area (Å²) < 4.78 is 22.7. The maximum atomic E-state index is 12.4. The molecule has 0 aliphatic carbocycles. The maximum absolute atomic E-state index is 12.4. The normalized spacial score (nSPS) is 14.6. The fourth-order valence-corrected chi connectivity index (χ4v) is 5.66. The van der Waals surface area contributed by atoms with Crippen LogP contribution in [0.2, 0.25) is 0 Å². The molecular weight excluding hydrogens is 416 g/mol. The van der Waals surface area contributed by atoms with E-state index in [-0.39, 0.29) is 9.77 Å². The van der Waals surface area contributed by atoms with Crippen LogP contribution in [0.1, 0.15) is 26.5 Å². The van der Waals surface area contributed by atoms with Gasteiger partial charge in [-0.25, -0.2) is 18.5 Å². The standard InChI is InChI=1S/C18H18N4O3S3/c19-28(24,25)16-8-13(11-26-16)17(23)21-18-20-14-6-7-22(10-15(14)27-18)9-12-4-2-1-3-5-12/h1-5,8,11H,6-7,9-10H2,(H2,19,24,25)(H,20,21,23). The number of amides is 1. The average molecular weight is 435 g/mol. The van der Waals surface area contributed by atoms with Crippen LogP contribution in [0, 0.1) is 0 Å². The first-order valence-electron chi connectivity index (χ1n) is 8.56. The summed E-state index contributed by atoms with van der Waals surface area (Å²) in [6, 6.07) is 11.6. The second kappa shape index (κ2) is 7.72. The molecule has 1 amide bonds. The Bertz CT molecular complexity index is 1110. The number of carbonyl (C=O) groups is 1. The molecule has 7 nitrogen and oxygen atoms in total. The lowest BCUT2D eigenvalue weighted by Crippen LogP contribution is -2.29. The number of anilines is 1. The molecule has 0 saturated heterocycles. The molecule has 4 rings (SSSR count). The highest BCUT2D eigenvalue weighted by atomic mass is 32.2. The van der Waals surface area contributed by atoms with Crippen LogP contribution in [0.15, 0.2) is 46.0 Å². The number of hydrogen-bond donors (Lipinski definition) is 2. The summed E-state index contributed by atoms with van der Waals surface area (Å²) in [6.07, 6.45) is 0.836. The van der Waals surface area contributed by atoms with E-state index in [1.54, 1.807) is 0 Å². The van der Waals surface area contributed by atoms with Crippen LogP contribution in [-0.2, 0) is 29.5 Å². The molecule has 1 aromatic carbocycles. The Morgan fingerprint density at radius 3 is 2.79 bits per heavy atom. The molecule has 10 heteroatoms. The van der Waals surface area contributed by atoms with Crippen LogP contribution < -0.4 is 10.5 Å². The number of carbonyl (C=O) groups excluding carboxylic acids is 1. The topological polar surface area (TPSA) is 105 Å². The van der Waals surface area contributed by atoms with Crippen molar-refractivity contribution < 1.29 is 13.2 Å². The van der Waals surface area contributed by atoms with Crippen LogP contribution in [0.25, 0.3) is 0 Å². The minimum atomic E-state index is -3.80. The third kappa shape index (κ3) is 4.31. The van der Waals surface area contributed by atoms with Crippen molar-refractivity contribution in [2.75, 3.05) is 11.9 Å². The molecule has 3 aromatic rings. The van der Waals surface area contributed by atoms with E-state index in [2.05, 4.69) is 27.3 Å². The van der Waals surface area contributed by atoms with Gasteiger partial charge in [0.05, 0.1) is 11.3 Å². The largest absolute Gasteiger partial charge is 0.298 e. The third-order valence-corrected chi connectivity index (χ3v) is 7.78. The maximum Gasteiger partial charge on any atom is 0.258 e. The average Bonchev–Trinajstić information content (AvgIpc) is 3.28. The number of sulfonamides is 1. The first kappa shape index (κ1) is 19.2. The zero-order valence-electron chi connectivity index (χ0n) is 14.8.